The molecule has 0 aliphatic heterocycles. The van der Waals surface area contributed by atoms with Gasteiger partial charge in [0.25, 0.3) is 5.91 Å². The Morgan fingerprint density at radius 2 is 2.26 bits per heavy atom. The molecule has 2 rings (SSSR count). The topological polar surface area (TPSA) is 130 Å². The number of aromatic nitrogens is 5. The van der Waals surface area contributed by atoms with Gasteiger partial charge in [-0.2, -0.15) is 9.78 Å². The zero-order valence-corrected chi connectivity index (χ0v) is 12.6. The number of hydrogen-bond acceptors (Lipinski definition) is 7. The average molecular weight is 323 g/mol. The van der Waals surface area contributed by atoms with Crippen LogP contribution in [0.3, 0.4) is 0 Å². The minimum atomic E-state index is -0.680. The van der Waals surface area contributed by atoms with Crippen molar-refractivity contribution in [2.24, 2.45) is 0 Å². The summed E-state index contributed by atoms with van der Waals surface area (Å²) in [5.74, 6) is -0.769. The van der Waals surface area contributed by atoms with Crippen LogP contribution in [0.5, 0.6) is 0 Å². The number of rotatable bonds is 9. The molecule has 0 atom stereocenters. The molecule has 11 heteroatoms. The first-order valence-corrected chi connectivity index (χ1v) is 7.03. The van der Waals surface area contributed by atoms with E-state index in [2.05, 4.69) is 20.5 Å². The summed E-state index contributed by atoms with van der Waals surface area (Å²) in [4.78, 5) is 25.3. The molecule has 11 nitrogen and oxygen atoms in total. The minimum absolute atomic E-state index is 0.123. The Hall–Kier alpha value is -2.82. The fourth-order valence-corrected chi connectivity index (χ4v) is 1.76. The molecule has 0 radical (unpaired) electrons. The monoisotopic (exact) mass is 323 g/mol. The van der Waals surface area contributed by atoms with E-state index in [0.717, 1.165) is 6.42 Å². The second-order valence-corrected chi connectivity index (χ2v) is 4.53. The molecule has 1 amide bonds. The van der Waals surface area contributed by atoms with E-state index < -0.39 is 10.9 Å². The van der Waals surface area contributed by atoms with E-state index in [1.807, 2.05) is 6.92 Å². The predicted octanol–water partition coefficient (Wildman–Crippen LogP) is 0.0450. The number of ether oxygens (including phenoxy) is 1. The first-order valence-electron chi connectivity index (χ1n) is 7.03. The normalized spacial score (nSPS) is 10.7. The number of amides is 1. The number of carbonyl (C=O) groups is 1. The molecule has 0 unspecified atom stereocenters. The maximum atomic E-state index is 11.9. The third-order valence-corrected chi connectivity index (χ3v) is 2.81. The van der Waals surface area contributed by atoms with Crippen LogP contribution in [0.15, 0.2) is 18.6 Å². The van der Waals surface area contributed by atoms with Crippen molar-refractivity contribution in [2.75, 3.05) is 19.8 Å². The van der Waals surface area contributed by atoms with Crippen LogP contribution in [-0.2, 0) is 11.4 Å². The summed E-state index contributed by atoms with van der Waals surface area (Å²) < 4.78 is 7.87. The molecule has 124 valence electrons. The Balaban J connectivity index is 1.84. The van der Waals surface area contributed by atoms with Crippen molar-refractivity contribution in [1.82, 2.24) is 29.9 Å². The van der Waals surface area contributed by atoms with Gasteiger partial charge in [0.15, 0.2) is 6.67 Å². The molecule has 2 aromatic rings. The molecule has 1 N–H and O–H groups in total. The average Bonchev–Trinajstić information content (AvgIpc) is 3.17. The molecule has 0 aromatic carbocycles. The SMILES string of the molecule is CCOCCCNC(=O)c1ccn(Cn2cnc([N+](=O)[O-])n2)n1. The van der Waals surface area contributed by atoms with E-state index in [1.165, 1.54) is 15.7 Å². The van der Waals surface area contributed by atoms with Crippen LogP contribution >= 0.6 is 0 Å². The second kappa shape index (κ2) is 7.98. The summed E-state index contributed by atoms with van der Waals surface area (Å²) >= 11 is 0. The van der Waals surface area contributed by atoms with Gasteiger partial charge in [0.1, 0.15) is 5.69 Å². The number of nitrogens with zero attached hydrogens (tertiary/aromatic N) is 6. The van der Waals surface area contributed by atoms with Crippen molar-refractivity contribution in [1.29, 1.82) is 0 Å². The van der Waals surface area contributed by atoms with Gasteiger partial charge in [-0.15, -0.1) is 0 Å². The zero-order valence-electron chi connectivity index (χ0n) is 12.6. The summed E-state index contributed by atoms with van der Waals surface area (Å²) in [5.41, 5.74) is 0.260. The van der Waals surface area contributed by atoms with Gasteiger partial charge in [0.2, 0.25) is 6.33 Å². The molecule has 0 bridgehead atoms. The van der Waals surface area contributed by atoms with E-state index in [4.69, 9.17) is 4.74 Å². The van der Waals surface area contributed by atoms with Crippen LogP contribution in [0.4, 0.5) is 5.95 Å². The smallest absolute Gasteiger partial charge is 0.390 e. The lowest BCUT2D eigenvalue weighted by atomic mass is 10.4. The Bertz CT molecular complexity index is 666. The highest BCUT2D eigenvalue weighted by molar-refractivity contribution is 5.92. The molecule has 0 fully saturated rings. The van der Waals surface area contributed by atoms with Gasteiger partial charge in [-0.1, -0.05) is 4.98 Å². The van der Waals surface area contributed by atoms with Gasteiger partial charge in [-0.05, 0) is 24.3 Å². The summed E-state index contributed by atoms with van der Waals surface area (Å²) in [6.45, 7) is 3.78. The van der Waals surface area contributed by atoms with Crippen LogP contribution in [0, 0.1) is 10.1 Å². The summed E-state index contributed by atoms with van der Waals surface area (Å²) in [5, 5.41) is 21.0. The fraction of sp³-hybridized carbons (Fsp3) is 0.500. The molecule has 0 saturated carbocycles. The van der Waals surface area contributed by atoms with Crippen molar-refractivity contribution in [3.63, 3.8) is 0 Å². The van der Waals surface area contributed by atoms with Crippen LogP contribution in [0.2, 0.25) is 0 Å². The first-order chi connectivity index (χ1) is 11.1. The summed E-state index contributed by atoms with van der Waals surface area (Å²) in [7, 11) is 0. The van der Waals surface area contributed by atoms with E-state index in [-0.39, 0.29) is 18.3 Å². The van der Waals surface area contributed by atoms with Crippen molar-refractivity contribution in [2.45, 2.75) is 20.0 Å². The number of carbonyl (C=O) groups excluding carboxylic acids is 1. The highest BCUT2D eigenvalue weighted by Gasteiger charge is 2.14. The maximum absolute atomic E-state index is 11.9. The number of nitro groups is 1. The van der Waals surface area contributed by atoms with Gasteiger partial charge < -0.3 is 20.2 Å². The molecule has 23 heavy (non-hydrogen) atoms. The molecular formula is C12H17N7O4. The fourth-order valence-electron chi connectivity index (χ4n) is 1.76. The van der Waals surface area contributed by atoms with Crippen LogP contribution < -0.4 is 5.32 Å². The third-order valence-electron chi connectivity index (χ3n) is 2.81. The van der Waals surface area contributed by atoms with Crippen LogP contribution in [0.25, 0.3) is 0 Å². The summed E-state index contributed by atoms with van der Waals surface area (Å²) in [6, 6.07) is 1.56. The molecular weight excluding hydrogens is 306 g/mol. The largest absolute Gasteiger partial charge is 0.491 e. The van der Waals surface area contributed by atoms with Crippen molar-refractivity contribution in [3.8, 4) is 0 Å². The van der Waals surface area contributed by atoms with Crippen molar-refractivity contribution in [3.05, 3.63) is 34.4 Å². The van der Waals surface area contributed by atoms with Gasteiger partial charge in [0.05, 0.1) is 0 Å². The Morgan fingerprint density at radius 1 is 1.43 bits per heavy atom. The molecule has 0 saturated heterocycles. The zero-order chi connectivity index (χ0) is 16.7. The number of nitrogens with one attached hydrogen (secondary N) is 1. The highest BCUT2D eigenvalue weighted by atomic mass is 16.6. The number of hydrogen-bond donors (Lipinski definition) is 1. The van der Waals surface area contributed by atoms with Crippen molar-refractivity contribution < 1.29 is 14.5 Å². The van der Waals surface area contributed by atoms with E-state index in [0.29, 0.717) is 19.8 Å². The Labute approximate surface area is 131 Å². The lowest BCUT2D eigenvalue weighted by Crippen LogP contribution is -2.26. The van der Waals surface area contributed by atoms with Crippen LogP contribution in [-0.4, -0.2) is 55.1 Å². The van der Waals surface area contributed by atoms with Gasteiger partial charge >= 0.3 is 5.95 Å². The van der Waals surface area contributed by atoms with E-state index in [9.17, 15) is 14.9 Å². The van der Waals surface area contributed by atoms with Crippen molar-refractivity contribution >= 4 is 11.9 Å². The highest BCUT2D eigenvalue weighted by Crippen LogP contribution is 2.01. The minimum Gasteiger partial charge on any atom is -0.390 e. The maximum Gasteiger partial charge on any atom is 0.491 e. The lowest BCUT2D eigenvalue weighted by Gasteiger charge is -2.03. The van der Waals surface area contributed by atoms with Gasteiger partial charge in [0, 0.05) is 31.1 Å². The second-order valence-electron chi connectivity index (χ2n) is 4.53. The molecule has 0 aliphatic rings. The predicted molar refractivity (Wildman–Crippen MR) is 77.7 cm³/mol. The third kappa shape index (κ3) is 4.85. The van der Waals surface area contributed by atoms with E-state index in [1.54, 1.807) is 12.3 Å². The van der Waals surface area contributed by atoms with E-state index >= 15 is 0 Å². The lowest BCUT2D eigenvalue weighted by molar-refractivity contribution is -0.394. The Kier molecular flexibility index (Phi) is 5.74. The van der Waals surface area contributed by atoms with Gasteiger partial charge in [-0.3, -0.25) is 4.79 Å². The summed E-state index contributed by atoms with van der Waals surface area (Å²) in [6.07, 6.45) is 3.54. The molecule has 2 aromatic heterocycles. The first kappa shape index (κ1) is 16.5. The molecule has 0 aliphatic carbocycles. The molecule has 2 heterocycles. The van der Waals surface area contributed by atoms with Gasteiger partial charge in [-0.25, -0.2) is 4.68 Å². The Morgan fingerprint density at radius 3 is 2.96 bits per heavy atom. The standard InChI is InChI=1S/C12H17N7O4/c1-2-23-7-3-5-13-11(20)10-4-6-17(15-10)9-18-8-14-12(16-18)19(21)22/h4,6,8H,2-3,5,7,9H2,1H3,(H,13,20). The quantitative estimate of drug-likeness (QED) is 0.392. The van der Waals surface area contributed by atoms with Crippen LogP contribution in [0.1, 0.15) is 23.8 Å². The molecule has 0 spiro atoms.